The number of amides is 1. The third kappa shape index (κ3) is 2.46. The van der Waals surface area contributed by atoms with Gasteiger partial charge in [0.15, 0.2) is 0 Å². The second-order valence-corrected chi connectivity index (χ2v) is 1.92. The van der Waals surface area contributed by atoms with E-state index in [-0.39, 0.29) is 0 Å². The number of hydrogen-bond acceptors (Lipinski definition) is 2. The predicted octanol–water partition coefficient (Wildman–Crippen LogP) is -0.153. The molecule has 9 heavy (non-hydrogen) atoms. The summed E-state index contributed by atoms with van der Waals surface area (Å²) in [6.07, 6.45) is 1.81. The van der Waals surface area contributed by atoms with E-state index >= 15 is 0 Å². The topological polar surface area (TPSA) is 40.5 Å². The number of nitrogens with zero attached hydrogens (tertiary/aromatic N) is 1. The lowest BCUT2D eigenvalue weighted by Gasteiger charge is -2.03. The molecule has 54 valence electrons. The summed E-state index contributed by atoms with van der Waals surface area (Å²) in [5.74, 6) is 0.292. The molecule has 1 aliphatic rings. The molecule has 3 nitrogen and oxygen atoms in total. The lowest BCUT2D eigenvalue weighted by atomic mass is 10.4. The van der Waals surface area contributed by atoms with Crippen LogP contribution in [0.2, 0.25) is 0 Å². The predicted molar refractivity (Wildman–Crippen MR) is 35.0 cm³/mol. The normalized spacial score (nSPS) is 17.2. The van der Waals surface area contributed by atoms with Crippen LogP contribution in [0, 0.1) is 0 Å². The van der Waals surface area contributed by atoms with Gasteiger partial charge in [-0.05, 0) is 6.42 Å². The zero-order chi connectivity index (χ0) is 7.28. The summed E-state index contributed by atoms with van der Waals surface area (Å²) in [4.78, 5) is 12.3. The fourth-order valence-electron chi connectivity index (χ4n) is 0.783. The molecule has 1 fully saturated rings. The van der Waals surface area contributed by atoms with E-state index in [0.717, 1.165) is 26.5 Å². The quantitative estimate of drug-likeness (QED) is 0.496. The highest BCUT2D eigenvalue weighted by Crippen LogP contribution is 2.04. The van der Waals surface area contributed by atoms with Crippen LogP contribution in [0.4, 0.5) is 0 Å². The van der Waals surface area contributed by atoms with Crippen LogP contribution >= 0.6 is 0 Å². The highest BCUT2D eigenvalue weighted by Gasteiger charge is 2.14. The zero-order valence-corrected chi connectivity index (χ0v) is 5.92. The molecule has 0 unspecified atom stereocenters. The van der Waals surface area contributed by atoms with Gasteiger partial charge in [0.2, 0.25) is 5.91 Å². The van der Waals surface area contributed by atoms with Crippen molar-refractivity contribution in [2.75, 3.05) is 20.7 Å². The number of carbonyl (C=O) groups is 1. The van der Waals surface area contributed by atoms with Gasteiger partial charge in [-0.15, -0.1) is 0 Å². The molecular formula is C6H13NO2. The maximum Gasteiger partial charge on any atom is 0.222 e. The van der Waals surface area contributed by atoms with Gasteiger partial charge in [0.05, 0.1) is 0 Å². The molecule has 1 amide bonds. The van der Waals surface area contributed by atoms with Crippen molar-refractivity contribution in [2.45, 2.75) is 12.8 Å². The van der Waals surface area contributed by atoms with Crippen molar-refractivity contribution in [1.82, 2.24) is 4.90 Å². The third-order valence-corrected chi connectivity index (χ3v) is 1.31. The Morgan fingerprint density at radius 1 is 1.56 bits per heavy atom. The number of aliphatic hydroxyl groups is 1. The summed E-state index contributed by atoms with van der Waals surface area (Å²) in [5, 5.41) is 7.00. The molecule has 1 aliphatic heterocycles. The van der Waals surface area contributed by atoms with Gasteiger partial charge in [0.1, 0.15) is 0 Å². The molecule has 0 aromatic rings. The van der Waals surface area contributed by atoms with Crippen molar-refractivity contribution in [2.24, 2.45) is 0 Å². The monoisotopic (exact) mass is 131 g/mol. The summed E-state index contributed by atoms with van der Waals surface area (Å²) < 4.78 is 0. The van der Waals surface area contributed by atoms with Crippen LogP contribution in [0.25, 0.3) is 0 Å². The Labute approximate surface area is 55.3 Å². The molecule has 1 heterocycles. The number of rotatable bonds is 0. The first kappa shape index (κ1) is 8.43. The standard InChI is InChI=1S/C5H9NO.CH4O/c1-6-4-2-3-5(6)7;1-2/h2-4H2,1H3;2H,1H3. The molecule has 0 aromatic heterocycles. The Morgan fingerprint density at radius 3 is 2.22 bits per heavy atom. The minimum absolute atomic E-state index is 0.292. The average molecular weight is 131 g/mol. The highest BCUT2D eigenvalue weighted by atomic mass is 16.2. The van der Waals surface area contributed by atoms with Gasteiger partial charge >= 0.3 is 0 Å². The lowest BCUT2D eigenvalue weighted by Crippen LogP contribution is -2.17. The van der Waals surface area contributed by atoms with Gasteiger partial charge in [-0.3, -0.25) is 4.79 Å². The molecule has 0 spiro atoms. The van der Waals surface area contributed by atoms with Crippen LogP contribution in [0.15, 0.2) is 0 Å². The van der Waals surface area contributed by atoms with E-state index < -0.39 is 0 Å². The molecule has 0 aliphatic carbocycles. The maximum absolute atomic E-state index is 10.5. The van der Waals surface area contributed by atoms with Crippen LogP contribution in [-0.2, 0) is 4.79 Å². The van der Waals surface area contributed by atoms with E-state index in [4.69, 9.17) is 5.11 Å². The van der Waals surface area contributed by atoms with Gasteiger partial charge in [0, 0.05) is 27.1 Å². The first-order chi connectivity index (χ1) is 4.30. The van der Waals surface area contributed by atoms with Crippen molar-refractivity contribution in [1.29, 1.82) is 0 Å². The summed E-state index contributed by atoms with van der Waals surface area (Å²) in [6.45, 7) is 0.957. The van der Waals surface area contributed by atoms with Crippen LogP contribution < -0.4 is 0 Å². The van der Waals surface area contributed by atoms with E-state index in [9.17, 15) is 4.79 Å². The van der Waals surface area contributed by atoms with E-state index in [1.165, 1.54) is 0 Å². The number of hydrogen-bond donors (Lipinski definition) is 1. The van der Waals surface area contributed by atoms with Crippen molar-refractivity contribution in [3.05, 3.63) is 0 Å². The molecule has 0 saturated carbocycles. The molecule has 1 saturated heterocycles. The van der Waals surface area contributed by atoms with E-state index in [2.05, 4.69) is 0 Å². The van der Waals surface area contributed by atoms with Crippen LogP contribution in [0.1, 0.15) is 12.8 Å². The maximum atomic E-state index is 10.5. The van der Waals surface area contributed by atoms with Crippen molar-refractivity contribution in [3.8, 4) is 0 Å². The Bertz CT molecular complexity index is 93.1. The Morgan fingerprint density at radius 2 is 2.11 bits per heavy atom. The lowest BCUT2D eigenvalue weighted by molar-refractivity contribution is -0.126. The van der Waals surface area contributed by atoms with Crippen LogP contribution in [0.3, 0.4) is 0 Å². The summed E-state index contributed by atoms with van der Waals surface area (Å²) in [6, 6.07) is 0. The summed E-state index contributed by atoms with van der Waals surface area (Å²) in [7, 11) is 2.84. The Hall–Kier alpha value is -0.570. The van der Waals surface area contributed by atoms with Gasteiger partial charge in [-0.1, -0.05) is 0 Å². The fourth-order valence-corrected chi connectivity index (χ4v) is 0.783. The summed E-state index contributed by atoms with van der Waals surface area (Å²) in [5.41, 5.74) is 0. The zero-order valence-electron chi connectivity index (χ0n) is 5.92. The molecule has 0 radical (unpaired) electrons. The Kier molecular flexibility index (Phi) is 4.05. The molecule has 0 bridgehead atoms. The van der Waals surface area contributed by atoms with Gasteiger partial charge in [-0.2, -0.15) is 0 Å². The molecule has 1 rings (SSSR count). The minimum Gasteiger partial charge on any atom is -0.400 e. The number of carbonyl (C=O) groups excluding carboxylic acids is 1. The van der Waals surface area contributed by atoms with Gasteiger partial charge in [0.25, 0.3) is 0 Å². The van der Waals surface area contributed by atoms with Crippen molar-refractivity contribution in [3.63, 3.8) is 0 Å². The molecule has 0 aromatic carbocycles. The largest absolute Gasteiger partial charge is 0.400 e. The van der Waals surface area contributed by atoms with Gasteiger partial charge < -0.3 is 10.0 Å². The van der Waals surface area contributed by atoms with Crippen molar-refractivity contribution < 1.29 is 9.90 Å². The van der Waals surface area contributed by atoms with E-state index in [1.807, 2.05) is 7.05 Å². The number of aliphatic hydroxyl groups excluding tert-OH is 1. The fraction of sp³-hybridized carbons (Fsp3) is 0.833. The molecule has 1 N–H and O–H groups in total. The van der Waals surface area contributed by atoms with Crippen LogP contribution in [-0.4, -0.2) is 36.6 Å². The average Bonchev–Trinajstić information content (AvgIpc) is 2.23. The second kappa shape index (κ2) is 4.32. The first-order valence-electron chi connectivity index (χ1n) is 2.99. The Balaban J connectivity index is 0.000000291. The first-order valence-corrected chi connectivity index (χ1v) is 2.99. The van der Waals surface area contributed by atoms with E-state index in [0.29, 0.717) is 5.91 Å². The van der Waals surface area contributed by atoms with Crippen molar-refractivity contribution >= 4 is 5.91 Å². The third-order valence-electron chi connectivity index (χ3n) is 1.31. The smallest absolute Gasteiger partial charge is 0.222 e. The SMILES string of the molecule is CN1CCCC1=O.CO. The van der Waals surface area contributed by atoms with Crippen LogP contribution in [0.5, 0.6) is 0 Å². The summed E-state index contributed by atoms with van der Waals surface area (Å²) >= 11 is 0. The highest BCUT2D eigenvalue weighted by molar-refractivity contribution is 5.77. The second-order valence-electron chi connectivity index (χ2n) is 1.92. The molecule has 3 heteroatoms. The molecular weight excluding hydrogens is 118 g/mol. The molecule has 0 atom stereocenters. The minimum atomic E-state index is 0.292. The van der Waals surface area contributed by atoms with Gasteiger partial charge in [-0.25, -0.2) is 0 Å². The van der Waals surface area contributed by atoms with E-state index in [1.54, 1.807) is 4.90 Å². The number of likely N-dealkylation sites (tertiary alicyclic amines) is 1.